The Morgan fingerprint density at radius 1 is 1.44 bits per heavy atom. The molecule has 0 bridgehead atoms. The van der Waals surface area contributed by atoms with Crippen molar-refractivity contribution in [1.82, 2.24) is 10.6 Å². The van der Waals surface area contributed by atoms with Gasteiger partial charge in [0.2, 0.25) is 0 Å². The largest absolute Gasteiger partial charge is 0.481 e. The molecule has 0 aliphatic carbocycles. The van der Waals surface area contributed by atoms with E-state index in [4.69, 9.17) is 9.84 Å². The lowest BCUT2D eigenvalue weighted by atomic mass is 10.0. The Morgan fingerprint density at radius 3 is 2.72 bits per heavy atom. The summed E-state index contributed by atoms with van der Waals surface area (Å²) in [5, 5.41) is 14.1. The molecule has 1 fully saturated rings. The number of nitrogens with one attached hydrogen (secondary N) is 2. The average molecular weight is 258 g/mol. The van der Waals surface area contributed by atoms with Gasteiger partial charge in [0.15, 0.2) is 0 Å². The molecule has 0 radical (unpaired) electrons. The number of aliphatic carboxylic acids is 1. The molecule has 6 heteroatoms. The van der Waals surface area contributed by atoms with E-state index in [1.165, 1.54) is 0 Å². The van der Waals surface area contributed by atoms with Gasteiger partial charge >= 0.3 is 12.0 Å². The van der Waals surface area contributed by atoms with Crippen LogP contribution in [0.4, 0.5) is 4.79 Å². The molecule has 2 amide bonds. The van der Waals surface area contributed by atoms with Crippen molar-refractivity contribution in [1.29, 1.82) is 0 Å². The SMILES string of the molecule is CC(CCNC(=O)NCC1(C)CCCO1)C(=O)O. The highest BCUT2D eigenvalue weighted by molar-refractivity contribution is 5.74. The average Bonchev–Trinajstić information content (AvgIpc) is 2.74. The fraction of sp³-hybridized carbons (Fsp3) is 0.833. The van der Waals surface area contributed by atoms with Crippen LogP contribution in [-0.4, -0.2) is 42.4 Å². The number of carboxylic acids is 1. The van der Waals surface area contributed by atoms with Crippen LogP contribution in [0.5, 0.6) is 0 Å². The number of carbonyl (C=O) groups is 2. The number of carbonyl (C=O) groups excluding carboxylic acids is 1. The first-order chi connectivity index (χ1) is 8.43. The van der Waals surface area contributed by atoms with E-state index in [1.54, 1.807) is 6.92 Å². The molecule has 1 aliphatic heterocycles. The van der Waals surface area contributed by atoms with Crippen molar-refractivity contribution in [3.8, 4) is 0 Å². The highest BCUT2D eigenvalue weighted by Gasteiger charge is 2.29. The quantitative estimate of drug-likeness (QED) is 0.662. The summed E-state index contributed by atoms with van der Waals surface area (Å²) in [5.41, 5.74) is -0.258. The van der Waals surface area contributed by atoms with Crippen LogP contribution in [0.25, 0.3) is 0 Å². The van der Waals surface area contributed by atoms with Crippen molar-refractivity contribution in [2.75, 3.05) is 19.7 Å². The van der Waals surface area contributed by atoms with Gasteiger partial charge in [0, 0.05) is 19.7 Å². The fourth-order valence-electron chi connectivity index (χ4n) is 1.83. The van der Waals surface area contributed by atoms with E-state index in [-0.39, 0.29) is 11.6 Å². The molecule has 0 aromatic carbocycles. The third kappa shape index (κ3) is 4.91. The summed E-state index contributed by atoms with van der Waals surface area (Å²) < 4.78 is 5.54. The van der Waals surface area contributed by atoms with Crippen molar-refractivity contribution < 1.29 is 19.4 Å². The van der Waals surface area contributed by atoms with Crippen LogP contribution >= 0.6 is 0 Å². The summed E-state index contributed by atoms with van der Waals surface area (Å²) in [7, 11) is 0. The molecular formula is C12H22N2O4. The van der Waals surface area contributed by atoms with Crippen molar-refractivity contribution in [3.63, 3.8) is 0 Å². The van der Waals surface area contributed by atoms with Crippen LogP contribution in [0.3, 0.4) is 0 Å². The summed E-state index contributed by atoms with van der Waals surface area (Å²) in [6, 6.07) is -0.274. The molecule has 3 N–H and O–H groups in total. The minimum Gasteiger partial charge on any atom is -0.481 e. The Kier molecular flexibility index (Phi) is 5.40. The molecule has 104 valence electrons. The Hall–Kier alpha value is -1.30. The summed E-state index contributed by atoms with van der Waals surface area (Å²) >= 11 is 0. The summed E-state index contributed by atoms with van der Waals surface area (Å²) in [4.78, 5) is 22.0. The molecule has 0 aromatic rings. The normalized spacial score (nSPS) is 24.6. The van der Waals surface area contributed by atoms with Crippen molar-refractivity contribution in [2.45, 2.75) is 38.7 Å². The number of hydrogen-bond acceptors (Lipinski definition) is 3. The van der Waals surface area contributed by atoms with Gasteiger partial charge in [-0.3, -0.25) is 4.79 Å². The second-order valence-electron chi connectivity index (χ2n) is 5.04. The predicted octanol–water partition coefficient (Wildman–Crippen LogP) is 0.965. The molecule has 0 saturated carbocycles. The number of hydrogen-bond donors (Lipinski definition) is 3. The van der Waals surface area contributed by atoms with Crippen LogP contribution in [0.15, 0.2) is 0 Å². The zero-order valence-electron chi connectivity index (χ0n) is 11.0. The molecule has 1 saturated heterocycles. The summed E-state index contributed by atoms with van der Waals surface area (Å²) in [6.07, 6.45) is 2.40. The number of rotatable bonds is 6. The van der Waals surface area contributed by atoms with E-state index in [0.29, 0.717) is 19.5 Å². The number of urea groups is 1. The van der Waals surface area contributed by atoms with E-state index in [9.17, 15) is 9.59 Å². The van der Waals surface area contributed by atoms with Gasteiger partial charge < -0.3 is 20.5 Å². The Morgan fingerprint density at radius 2 is 2.17 bits per heavy atom. The van der Waals surface area contributed by atoms with Gasteiger partial charge in [0.25, 0.3) is 0 Å². The Bertz CT molecular complexity index is 300. The lowest BCUT2D eigenvalue weighted by molar-refractivity contribution is -0.141. The number of carboxylic acid groups (broad SMARTS) is 1. The second-order valence-corrected chi connectivity index (χ2v) is 5.04. The van der Waals surface area contributed by atoms with Crippen LogP contribution in [0.2, 0.25) is 0 Å². The maximum Gasteiger partial charge on any atom is 0.314 e. The van der Waals surface area contributed by atoms with Crippen LogP contribution in [-0.2, 0) is 9.53 Å². The smallest absolute Gasteiger partial charge is 0.314 e. The molecule has 0 aromatic heterocycles. The van der Waals surface area contributed by atoms with Crippen molar-refractivity contribution >= 4 is 12.0 Å². The van der Waals surface area contributed by atoms with Gasteiger partial charge in [0.1, 0.15) is 0 Å². The lowest BCUT2D eigenvalue weighted by Crippen LogP contribution is -2.45. The van der Waals surface area contributed by atoms with Gasteiger partial charge in [-0.15, -0.1) is 0 Å². The summed E-state index contributed by atoms with van der Waals surface area (Å²) in [6.45, 7) is 5.18. The number of ether oxygens (including phenoxy) is 1. The van der Waals surface area contributed by atoms with E-state index < -0.39 is 11.9 Å². The molecule has 1 heterocycles. The van der Waals surface area contributed by atoms with E-state index in [0.717, 1.165) is 19.4 Å². The highest BCUT2D eigenvalue weighted by atomic mass is 16.5. The molecule has 18 heavy (non-hydrogen) atoms. The van der Waals surface area contributed by atoms with E-state index >= 15 is 0 Å². The Balaban J connectivity index is 2.12. The molecule has 0 spiro atoms. The predicted molar refractivity (Wildman–Crippen MR) is 66.4 cm³/mol. The first kappa shape index (κ1) is 14.8. The zero-order valence-corrected chi connectivity index (χ0v) is 11.0. The zero-order chi connectivity index (χ0) is 13.6. The minimum atomic E-state index is -0.843. The third-order valence-electron chi connectivity index (χ3n) is 3.21. The molecule has 1 rings (SSSR count). The standard InChI is InChI=1S/C12H22N2O4/c1-9(10(15)16)4-6-13-11(17)14-8-12(2)5-3-7-18-12/h9H,3-8H2,1-2H3,(H,15,16)(H2,13,14,17). The van der Waals surface area contributed by atoms with Gasteiger partial charge in [0.05, 0.1) is 11.5 Å². The molecule has 2 unspecified atom stereocenters. The van der Waals surface area contributed by atoms with Crippen molar-refractivity contribution in [3.05, 3.63) is 0 Å². The third-order valence-corrected chi connectivity index (χ3v) is 3.21. The molecule has 1 aliphatic rings. The lowest BCUT2D eigenvalue weighted by Gasteiger charge is -2.23. The molecule has 2 atom stereocenters. The number of amides is 2. The molecule has 6 nitrogen and oxygen atoms in total. The maximum atomic E-state index is 11.5. The van der Waals surface area contributed by atoms with Gasteiger partial charge in [-0.05, 0) is 26.2 Å². The van der Waals surface area contributed by atoms with Gasteiger partial charge in [-0.1, -0.05) is 6.92 Å². The van der Waals surface area contributed by atoms with E-state index in [1.807, 2.05) is 6.92 Å². The highest BCUT2D eigenvalue weighted by Crippen LogP contribution is 2.23. The van der Waals surface area contributed by atoms with Crippen molar-refractivity contribution in [2.24, 2.45) is 5.92 Å². The molecular weight excluding hydrogens is 236 g/mol. The first-order valence-electron chi connectivity index (χ1n) is 6.31. The second kappa shape index (κ2) is 6.58. The Labute approximate surface area is 107 Å². The first-order valence-corrected chi connectivity index (χ1v) is 6.31. The monoisotopic (exact) mass is 258 g/mol. The van der Waals surface area contributed by atoms with Crippen LogP contribution < -0.4 is 10.6 Å². The van der Waals surface area contributed by atoms with Crippen LogP contribution in [0, 0.1) is 5.92 Å². The maximum absolute atomic E-state index is 11.5. The van der Waals surface area contributed by atoms with Gasteiger partial charge in [-0.25, -0.2) is 4.79 Å². The summed E-state index contributed by atoms with van der Waals surface area (Å²) in [5.74, 6) is -1.29. The van der Waals surface area contributed by atoms with E-state index in [2.05, 4.69) is 10.6 Å². The van der Waals surface area contributed by atoms with Gasteiger partial charge in [-0.2, -0.15) is 0 Å². The van der Waals surface area contributed by atoms with Crippen LogP contribution in [0.1, 0.15) is 33.1 Å². The minimum absolute atomic E-state index is 0.258. The fourth-order valence-corrected chi connectivity index (χ4v) is 1.83. The topological polar surface area (TPSA) is 87.7 Å².